The molecule has 74 valence electrons. The zero-order valence-corrected chi connectivity index (χ0v) is 9.20. The molecule has 1 aliphatic heterocycles. The Balaban J connectivity index is 2.24. The molecule has 1 atom stereocenters. The lowest BCUT2D eigenvalue weighted by Crippen LogP contribution is -2.30. The fraction of sp³-hybridized carbons (Fsp3) is 0.818. The first-order valence-electron chi connectivity index (χ1n) is 5.14. The molecule has 1 N–H and O–H groups in total. The van der Waals surface area contributed by atoms with E-state index in [9.17, 15) is 0 Å². The highest BCUT2D eigenvalue weighted by atomic mass is 32.2. The number of nitrogens with one attached hydrogen (secondary N) is 1. The predicted molar refractivity (Wildman–Crippen MR) is 61.0 cm³/mol. The predicted octanol–water partition coefficient (Wildman–Crippen LogP) is 2.13. The van der Waals surface area contributed by atoms with Gasteiger partial charge < -0.3 is 5.32 Å². The Morgan fingerprint density at radius 1 is 1.54 bits per heavy atom. The third-order valence-electron chi connectivity index (χ3n) is 2.56. The van der Waals surface area contributed by atoms with Crippen molar-refractivity contribution in [1.29, 1.82) is 0 Å². The smallest absolute Gasteiger partial charge is 0.0689 e. The van der Waals surface area contributed by atoms with Gasteiger partial charge in [0.25, 0.3) is 0 Å². The third kappa shape index (κ3) is 4.06. The first kappa shape index (κ1) is 10.9. The minimum atomic E-state index is 0.304. The van der Waals surface area contributed by atoms with Gasteiger partial charge in [0.2, 0.25) is 0 Å². The molecule has 0 saturated carbocycles. The van der Waals surface area contributed by atoms with Gasteiger partial charge in [0.15, 0.2) is 0 Å². The van der Waals surface area contributed by atoms with Gasteiger partial charge in [-0.15, -0.1) is 6.42 Å². The summed E-state index contributed by atoms with van der Waals surface area (Å²) in [6.07, 6.45) is 9.34. The molecule has 1 saturated heterocycles. The van der Waals surface area contributed by atoms with Crippen molar-refractivity contribution in [1.82, 2.24) is 5.32 Å². The molecule has 1 heterocycles. The van der Waals surface area contributed by atoms with Crippen molar-refractivity contribution in [3.05, 3.63) is 0 Å². The van der Waals surface area contributed by atoms with E-state index in [1.807, 2.05) is 0 Å². The molecule has 1 unspecified atom stereocenters. The normalized spacial score (nSPS) is 20.9. The van der Waals surface area contributed by atoms with Gasteiger partial charge in [-0.05, 0) is 43.2 Å². The van der Waals surface area contributed by atoms with Crippen LogP contribution in [0.2, 0.25) is 0 Å². The summed E-state index contributed by atoms with van der Waals surface area (Å²) in [5.74, 6) is 6.35. The van der Waals surface area contributed by atoms with Gasteiger partial charge >= 0.3 is 0 Å². The molecule has 0 amide bonds. The molecular formula is C11H19NS. The Bertz CT molecular complexity index is 167. The van der Waals surface area contributed by atoms with E-state index in [1.165, 1.54) is 30.8 Å². The number of hydrogen-bond donors (Lipinski definition) is 1. The van der Waals surface area contributed by atoms with E-state index in [2.05, 4.69) is 29.9 Å². The molecule has 1 aliphatic rings. The summed E-state index contributed by atoms with van der Waals surface area (Å²) in [6, 6.07) is 0.304. The first-order valence-corrected chi connectivity index (χ1v) is 6.29. The topological polar surface area (TPSA) is 12.0 Å². The van der Waals surface area contributed by atoms with Crippen LogP contribution in [0.4, 0.5) is 0 Å². The van der Waals surface area contributed by atoms with Crippen LogP contribution in [0.25, 0.3) is 0 Å². The summed E-state index contributed by atoms with van der Waals surface area (Å²) in [5.41, 5.74) is 0. The van der Waals surface area contributed by atoms with Crippen LogP contribution in [0.3, 0.4) is 0 Å². The Morgan fingerprint density at radius 3 is 2.77 bits per heavy atom. The van der Waals surface area contributed by atoms with Gasteiger partial charge in [-0.2, -0.15) is 11.8 Å². The fourth-order valence-corrected chi connectivity index (χ4v) is 2.98. The lowest BCUT2D eigenvalue weighted by Gasteiger charge is -2.24. The molecule has 0 aromatic rings. The number of terminal acetylenes is 1. The second kappa shape index (κ2) is 6.34. The molecule has 0 aromatic carbocycles. The van der Waals surface area contributed by atoms with E-state index in [0.717, 1.165) is 12.5 Å². The third-order valence-corrected chi connectivity index (χ3v) is 3.61. The van der Waals surface area contributed by atoms with Crippen molar-refractivity contribution in [2.75, 3.05) is 18.1 Å². The molecule has 0 spiro atoms. The van der Waals surface area contributed by atoms with Crippen molar-refractivity contribution in [3.8, 4) is 12.3 Å². The van der Waals surface area contributed by atoms with E-state index >= 15 is 0 Å². The Hall–Kier alpha value is -0.130. The van der Waals surface area contributed by atoms with Crippen molar-refractivity contribution in [2.45, 2.75) is 32.2 Å². The molecule has 13 heavy (non-hydrogen) atoms. The first-order chi connectivity index (χ1) is 6.36. The van der Waals surface area contributed by atoms with Gasteiger partial charge in [-0.25, -0.2) is 0 Å². The molecule has 1 fully saturated rings. The van der Waals surface area contributed by atoms with Gasteiger partial charge in [-0.1, -0.05) is 12.8 Å². The SMILES string of the molecule is C#CC(CC1CCSCC1)NCC. The maximum atomic E-state index is 5.46. The maximum Gasteiger partial charge on any atom is 0.0689 e. The minimum Gasteiger partial charge on any atom is -0.304 e. The lowest BCUT2D eigenvalue weighted by atomic mass is 9.94. The highest BCUT2D eigenvalue weighted by molar-refractivity contribution is 7.99. The van der Waals surface area contributed by atoms with E-state index in [-0.39, 0.29) is 0 Å². The van der Waals surface area contributed by atoms with Crippen molar-refractivity contribution in [3.63, 3.8) is 0 Å². The molecular weight excluding hydrogens is 178 g/mol. The van der Waals surface area contributed by atoms with Crippen LogP contribution < -0.4 is 5.32 Å². The Morgan fingerprint density at radius 2 is 2.23 bits per heavy atom. The van der Waals surface area contributed by atoms with Crippen LogP contribution in [0.15, 0.2) is 0 Å². The van der Waals surface area contributed by atoms with E-state index in [0.29, 0.717) is 6.04 Å². The monoisotopic (exact) mass is 197 g/mol. The van der Waals surface area contributed by atoms with Crippen LogP contribution in [0.1, 0.15) is 26.2 Å². The summed E-state index contributed by atoms with van der Waals surface area (Å²) in [7, 11) is 0. The average Bonchev–Trinajstić information content (AvgIpc) is 2.19. The van der Waals surface area contributed by atoms with E-state index in [1.54, 1.807) is 0 Å². The van der Waals surface area contributed by atoms with Crippen LogP contribution >= 0.6 is 11.8 Å². The van der Waals surface area contributed by atoms with Crippen molar-refractivity contribution < 1.29 is 0 Å². The summed E-state index contributed by atoms with van der Waals surface area (Å²) >= 11 is 2.07. The molecule has 0 aliphatic carbocycles. The van der Waals surface area contributed by atoms with Crippen molar-refractivity contribution in [2.24, 2.45) is 5.92 Å². The summed E-state index contributed by atoms with van der Waals surface area (Å²) in [6.45, 7) is 3.09. The van der Waals surface area contributed by atoms with E-state index in [4.69, 9.17) is 6.42 Å². The highest BCUT2D eigenvalue weighted by Gasteiger charge is 2.16. The number of hydrogen-bond acceptors (Lipinski definition) is 2. The van der Waals surface area contributed by atoms with Gasteiger partial charge in [0, 0.05) is 0 Å². The Labute approximate surface area is 86.1 Å². The zero-order chi connectivity index (χ0) is 9.52. The van der Waals surface area contributed by atoms with Crippen LogP contribution in [0, 0.1) is 18.3 Å². The second-order valence-electron chi connectivity index (χ2n) is 3.57. The molecule has 2 heteroatoms. The molecule has 0 radical (unpaired) electrons. The number of rotatable bonds is 4. The van der Waals surface area contributed by atoms with Crippen LogP contribution in [-0.4, -0.2) is 24.1 Å². The lowest BCUT2D eigenvalue weighted by molar-refractivity contribution is 0.408. The van der Waals surface area contributed by atoms with E-state index < -0.39 is 0 Å². The minimum absolute atomic E-state index is 0.304. The number of thioether (sulfide) groups is 1. The van der Waals surface area contributed by atoms with Gasteiger partial charge in [0.1, 0.15) is 0 Å². The zero-order valence-electron chi connectivity index (χ0n) is 8.38. The standard InChI is InChI=1S/C11H19NS/c1-3-11(12-4-2)9-10-5-7-13-8-6-10/h1,10-12H,4-9H2,2H3. The van der Waals surface area contributed by atoms with Crippen LogP contribution in [0.5, 0.6) is 0 Å². The molecule has 0 aromatic heterocycles. The molecule has 1 rings (SSSR count). The molecule has 0 bridgehead atoms. The summed E-state index contributed by atoms with van der Waals surface area (Å²) < 4.78 is 0. The van der Waals surface area contributed by atoms with Crippen LogP contribution in [-0.2, 0) is 0 Å². The summed E-state index contributed by atoms with van der Waals surface area (Å²) in [5, 5.41) is 3.34. The second-order valence-corrected chi connectivity index (χ2v) is 4.79. The maximum absolute atomic E-state index is 5.46. The van der Waals surface area contributed by atoms with Gasteiger partial charge in [-0.3, -0.25) is 0 Å². The van der Waals surface area contributed by atoms with Crippen molar-refractivity contribution >= 4 is 11.8 Å². The van der Waals surface area contributed by atoms with Gasteiger partial charge in [0.05, 0.1) is 6.04 Å². The Kier molecular flexibility index (Phi) is 5.34. The molecule has 1 nitrogen and oxygen atoms in total. The largest absolute Gasteiger partial charge is 0.304 e. The average molecular weight is 197 g/mol. The summed E-state index contributed by atoms with van der Waals surface area (Å²) in [4.78, 5) is 0. The highest BCUT2D eigenvalue weighted by Crippen LogP contribution is 2.26. The quantitative estimate of drug-likeness (QED) is 0.693. The fourth-order valence-electron chi connectivity index (χ4n) is 1.77.